The summed E-state index contributed by atoms with van der Waals surface area (Å²) in [7, 11) is 0. The van der Waals surface area contributed by atoms with Crippen molar-refractivity contribution in [2.24, 2.45) is 11.8 Å². The summed E-state index contributed by atoms with van der Waals surface area (Å²) in [4.78, 5) is 2.54. The summed E-state index contributed by atoms with van der Waals surface area (Å²) in [5, 5.41) is 9.74. The van der Waals surface area contributed by atoms with E-state index in [1.165, 1.54) is 27.8 Å². The van der Waals surface area contributed by atoms with Crippen LogP contribution >= 0.6 is 0 Å². The lowest BCUT2D eigenvalue weighted by Crippen LogP contribution is -2.46. The van der Waals surface area contributed by atoms with Gasteiger partial charge in [-0.1, -0.05) is 85.8 Å². The van der Waals surface area contributed by atoms with Crippen LogP contribution < -0.4 is 0 Å². The summed E-state index contributed by atoms with van der Waals surface area (Å²) in [5.74, 6) is 1.93. The molecule has 3 nitrogen and oxygen atoms in total. The van der Waals surface area contributed by atoms with Crippen molar-refractivity contribution in [2.45, 2.75) is 37.5 Å². The monoisotopic (exact) mass is 425 g/mol. The van der Waals surface area contributed by atoms with Crippen LogP contribution in [0.15, 0.2) is 78.9 Å². The highest BCUT2D eigenvalue weighted by Crippen LogP contribution is 2.58. The molecular weight excluding hydrogens is 394 g/mol. The van der Waals surface area contributed by atoms with E-state index in [2.05, 4.69) is 90.7 Å². The summed E-state index contributed by atoms with van der Waals surface area (Å²) in [6.07, 6.45) is 0.719. The molecule has 4 aliphatic rings. The summed E-state index contributed by atoms with van der Waals surface area (Å²) in [6, 6.07) is 29.0. The van der Waals surface area contributed by atoms with Crippen LogP contribution in [0.3, 0.4) is 0 Å². The van der Waals surface area contributed by atoms with Gasteiger partial charge in [0.25, 0.3) is 0 Å². The lowest BCUT2D eigenvalue weighted by atomic mass is 9.54. The second-order valence-corrected chi connectivity index (χ2v) is 9.70. The van der Waals surface area contributed by atoms with Crippen molar-refractivity contribution in [3.63, 3.8) is 0 Å². The molecule has 1 heterocycles. The predicted molar refractivity (Wildman–Crippen MR) is 127 cm³/mol. The van der Waals surface area contributed by atoms with E-state index in [1.54, 1.807) is 0 Å². The van der Waals surface area contributed by atoms with Crippen LogP contribution in [0, 0.1) is 11.8 Å². The van der Waals surface area contributed by atoms with Crippen LogP contribution in [-0.2, 0) is 4.74 Å². The van der Waals surface area contributed by atoms with E-state index in [0.717, 1.165) is 13.0 Å². The van der Waals surface area contributed by atoms with E-state index < -0.39 is 0 Å². The molecule has 0 aromatic heterocycles. The topological polar surface area (TPSA) is 32.7 Å². The minimum absolute atomic E-state index is 0.0362. The molecule has 3 heteroatoms. The third-order valence-electron chi connectivity index (χ3n) is 8.15. The summed E-state index contributed by atoms with van der Waals surface area (Å²) in [6.45, 7) is 4.31. The van der Waals surface area contributed by atoms with E-state index in [4.69, 9.17) is 4.74 Å². The number of fused-ring (bicyclic) bond motifs is 1. The van der Waals surface area contributed by atoms with Gasteiger partial charge in [0.1, 0.15) is 6.23 Å². The van der Waals surface area contributed by atoms with E-state index in [1.807, 2.05) is 0 Å². The first kappa shape index (κ1) is 20.2. The summed E-state index contributed by atoms with van der Waals surface area (Å²) in [5.41, 5.74) is 7.26. The minimum Gasteiger partial charge on any atom is -0.396 e. The molecule has 0 amide bonds. The van der Waals surface area contributed by atoms with Gasteiger partial charge in [-0.05, 0) is 46.1 Å². The largest absolute Gasteiger partial charge is 0.396 e. The Kier molecular flexibility index (Phi) is 5.14. The van der Waals surface area contributed by atoms with Gasteiger partial charge in [-0.3, -0.25) is 4.90 Å². The van der Waals surface area contributed by atoms with Gasteiger partial charge in [0.15, 0.2) is 0 Å². The molecule has 0 unspecified atom stereocenters. The maximum Gasteiger partial charge on any atom is 0.137 e. The van der Waals surface area contributed by atoms with Crippen LogP contribution in [0.2, 0.25) is 0 Å². The Morgan fingerprint density at radius 3 is 1.97 bits per heavy atom. The molecule has 0 radical (unpaired) electrons. The quantitative estimate of drug-likeness (QED) is 0.601. The Morgan fingerprint density at radius 2 is 1.38 bits per heavy atom. The molecule has 1 N–H and O–H groups in total. The molecule has 4 atom stereocenters. The van der Waals surface area contributed by atoms with E-state index >= 15 is 0 Å². The molecule has 0 saturated carbocycles. The van der Waals surface area contributed by atoms with Gasteiger partial charge in [0, 0.05) is 31.0 Å². The molecule has 3 aromatic carbocycles. The highest BCUT2D eigenvalue weighted by Gasteiger charge is 2.49. The van der Waals surface area contributed by atoms with E-state index in [9.17, 15) is 5.11 Å². The average molecular weight is 426 g/mol. The zero-order valence-corrected chi connectivity index (χ0v) is 18.6. The van der Waals surface area contributed by atoms with Gasteiger partial charge in [0.05, 0.1) is 6.61 Å². The fourth-order valence-corrected chi connectivity index (χ4v) is 6.72. The molecule has 3 aromatic rings. The fraction of sp³-hybridized carbons (Fsp3) is 0.379. The molecule has 164 valence electrons. The van der Waals surface area contributed by atoms with Gasteiger partial charge in [-0.2, -0.15) is 0 Å². The molecule has 1 saturated heterocycles. The Balaban J connectivity index is 1.40. The zero-order valence-electron chi connectivity index (χ0n) is 18.6. The second kappa shape index (κ2) is 8.15. The fourth-order valence-electron chi connectivity index (χ4n) is 6.72. The van der Waals surface area contributed by atoms with Gasteiger partial charge in [-0.25, -0.2) is 0 Å². The first-order valence-electron chi connectivity index (χ1n) is 12.0. The lowest BCUT2D eigenvalue weighted by Gasteiger charge is -2.51. The number of nitrogens with zero attached hydrogens (tertiary/aromatic N) is 1. The van der Waals surface area contributed by atoms with Gasteiger partial charge in [-0.15, -0.1) is 0 Å². The molecule has 2 bridgehead atoms. The first-order chi connectivity index (χ1) is 15.8. The Hall–Kier alpha value is -2.46. The van der Waals surface area contributed by atoms with Crippen LogP contribution in [0.25, 0.3) is 0 Å². The molecular formula is C29H31NO2. The Labute approximate surface area is 190 Å². The Bertz CT molecular complexity index is 1050. The maximum atomic E-state index is 9.74. The predicted octanol–water partition coefficient (Wildman–Crippen LogP) is 5.31. The van der Waals surface area contributed by atoms with Crippen molar-refractivity contribution in [3.05, 3.63) is 107 Å². The molecule has 1 aliphatic heterocycles. The molecule has 0 spiro atoms. The van der Waals surface area contributed by atoms with Crippen LogP contribution in [0.4, 0.5) is 0 Å². The number of aliphatic hydroxyl groups is 1. The number of aliphatic hydroxyl groups excluding tert-OH is 1. The average Bonchev–Trinajstić information content (AvgIpc) is 3.23. The minimum atomic E-state index is -0.0362. The standard InChI is InChI=1S/C29H31NO2/c1-19-26(17-30-21(15-16-31)18-32-29(30)20-9-3-2-4-10-20)28-24-13-7-5-11-22(24)27(19)23-12-6-8-14-25(23)28/h2-14,19,21,26-29,31H,15-18H2,1H3/t19-,21+,26+,27?,28?,29+/m0/s1. The maximum absolute atomic E-state index is 9.74. The van der Waals surface area contributed by atoms with Crippen molar-refractivity contribution in [2.75, 3.05) is 19.8 Å². The highest BCUT2D eigenvalue weighted by molar-refractivity contribution is 5.56. The number of hydrogen-bond acceptors (Lipinski definition) is 3. The first-order valence-corrected chi connectivity index (χ1v) is 12.0. The van der Waals surface area contributed by atoms with Crippen molar-refractivity contribution >= 4 is 0 Å². The highest BCUT2D eigenvalue weighted by atomic mass is 16.5. The van der Waals surface area contributed by atoms with Crippen molar-refractivity contribution < 1.29 is 9.84 Å². The van der Waals surface area contributed by atoms with E-state index in [-0.39, 0.29) is 18.9 Å². The summed E-state index contributed by atoms with van der Waals surface area (Å²) >= 11 is 0. The van der Waals surface area contributed by atoms with Crippen LogP contribution in [0.1, 0.15) is 59.2 Å². The molecule has 1 fully saturated rings. The lowest BCUT2D eigenvalue weighted by molar-refractivity contribution is 0.00945. The summed E-state index contributed by atoms with van der Waals surface area (Å²) < 4.78 is 6.33. The number of hydrogen-bond donors (Lipinski definition) is 1. The van der Waals surface area contributed by atoms with Gasteiger partial charge in [0.2, 0.25) is 0 Å². The second-order valence-electron chi connectivity index (χ2n) is 9.70. The third-order valence-corrected chi connectivity index (χ3v) is 8.15. The van der Waals surface area contributed by atoms with Gasteiger partial charge >= 0.3 is 0 Å². The molecule has 7 rings (SSSR count). The van der Waals surface area contributed by atoms with Crippen molar-refractivity contribution in [1.82, 2.24) is 4.90 Å². The number of rotatable bonds is 5. The third kappa shape index (κ3) is 3.07. The normalized spacial score (nSPS) is 30.8. The van der Waals surface area contributed by atoms with Crippen LogP contribution in [0.5, 0.6) is 0 Å². The van der Waals surface area contributed by atoms with E-state index in [0.29, 0.717) is 30.3 Å². The number of benzene rings is 3. The SMILES string of the molecule is C[C@@H]1C2c3ccccc3C(c3ccccc32)[C@@H]1CN1[C@H](CCO)CO[C@@H]1c1ccccc1. The number of ether oxygens (including phenoxy) is 1. The van der Waals surface area contributed by atoms with Crippen LogP contribution in [-0.4, -0.2) is 35.8 Å². The van der Waals surface area contributed by atoms with Gasteiger partial charge < -0.3 is 9.84 Å². The smallest absolute Gasteiger partial charge is 0.137 e. The Morgan fingerprint density at radius 1 is 0.812 bits per heavy atom. The molecule has 3 aliphatic carbocycles. The van der Waals surface area contributed by atoms with Crippen molar-refractivity contribution in [3.8, 4) is 0 Å². The molecule has 32 heavy (non-hydrogen) atoms. The zero-order chi connectivity index (χ0) is 21.7. The van der Waals surface area contributed by atoms with Crippen molar-refractivity contribution in [1.29, 1.82) is 0 Å².